The maximum atomic E-state index is 10.4. The smallest absolute Gasteiger partial charge is 0.303 e. The van der Waals surface area contributed by atoms with Crippen molar-refractivity contribution in [2.75, 3.05) is 0 Å². The summed E-state index contributed by atoms with van der Waals surface area (Å²) < 4.78 is 0. The van der Waals surface area contributed by atoms with Crippen molar-refractivity contribution in [1.29, 1.82) is 0 Å². The SMILES string of the molecule is O=C(O)CCCCCCCCCCCCCC(O)c1ccccc1. The second kappa shape index (κ2) is 14.0. The van der Waals surface area contributed by atoms with Crippen LogP contribution in [0.2, 0.25) is 0 Å². The molecule has 0 heterocycles. The summed E-state index contributed by atoms with van der Waals surface area (Å²) in [6.45, 7) is 0. The van der Waals surface area contributed by atoms with Gasteiger partial charge in [-0.05, 0) is 18.4 Å². The molecule has 0 aliphatic heterocycles. The van der Waals surface area contributed by atoms with E-state index in [9.17, 15) is 9.90 Å². The molecule has 0 amide bonds. The number of benzene rings is 1. The maximum Gasteiger partial charge on any atom is 0.303 e. The number of carboxylic acid groups (broad SMARTS) is 1. The monoisotopic (exact) mass is 334 g/mol. The molecular formula is C21H34O3. The van der Waals surface area contributed by atoms with Crippen LogP contribution in [0.3, 0.4) is 0 Å². The molecule has 0 spiro atoms. The number of unbranched alkanes of at least 4 members (excludes halogenated alkanes) is 10. The number of rotatable bonds is 15. The quantitative estimate of drug-likeness (QED) is 0.394. The minimum atomic E-state index is -0.675. The van der Waals surface area contributed by atoms with Gasteiger partial charge in [0.1, 0.15) is 0 Å². The standard InChI is InChI=1S/C21H34O3/c22-20(19-15-11-10-12-16-19)17-13-8-6-4-2-1-3-5-7-9-14-18-21(23)24/h10-12,15-16,20,22H,1-9,13-14,17-18H2,(H,23,24). The molecule has 24 heavy (non-hydrogen) atoms. The third kappa shape index (κ3) is 11.2. The Balaban J connectivity index is 1.81. The number of carbonyl (C=O) groups is 1. The van der Waals surface area contributed by atoms with Gasteiger partial charge in [0, 0.05) is 6.42 Å². The molecule has 0 saturated heterocycles. The average Bonchev–Trinajstić information content (AvgIpc) is 2.59. The van der Waals surface area contributed by atoms with Gasteiger partial charge in [-0.2, -0.15) is 0 Å². The van der Waals surface area contributed by atoms with Gasteiger partial charge in [0.05, 0.1) is 6.10 Å². The van der Waals surface area contributed by atoms with E-state index in [-0.39, 0.29) is 6.10 Å². The Morgan fingerprint density at radius 2 is 1.21 bits per heavy atom. The fourth-order valence-corrected chi connectivity index (χ4v) is 3.05. The lowest BCUT2D eigenvalue weighted by Gasteiger charge is -2.10. The molecule has 2 N–H and O–H groups in total. The minimum absolute atomic E-state index is 0.313. The molecule has 1 unspecified atom stereocenters. The highest BCUT2D eigenvalue weighted by molar-refractivity contribution is 5.66. The van der Waals surface area contributed by atoms with Crippen molar-refractivity contribution in [1.82, 2.24) is 0 Å². The second-order valence-electron chi connectivity index (χ2n) is 6.75. The van der Waals surface area contributed by atoms with Crippen LogP contribution < -0.4 is 0 Å². The van der Waals surface area contributed by atoms with Crippen LogP contribution in [0.25, 0.3) is 0 Å². The topological polar surface area (TPSA) is 57.5 Å². The zero-order valence-electron chi connectivity index (χ0n) is 15.0. The Labute approximate surface area is 147 Å². The van der Waals surface area contributed by atoms with Gasteiger partial charge in [0.25, 0.3) is 0 Å². The van der Waals surface area contributed by atoms with Gasteiger partial charge in [-0.25, -0.2) is 0 Å². The van der Waals surface area contributed by atoms with E-state index in [2.05, 4.69) is 0 Å². The third-order valence-corrected chi connectivity index (χ3v) is 4.55. The molecule has 3 nitrogen and oxygen atoms in total. The molecule has 1 atom stereocenters. The van der Waals surface area contributed by atoms with Crippen molar-refractivity contribution in [3.63, 3.8) is 0 Å². The second-order valence-corrected chi connectivity index (χ2v) is 6.75. The molecule has 0 aliphatic rings. The Morgan fingerprint density at radius 3 is 1.71 bits per heavy atom. The molecule has 0 aliphatic carbocycles. The molecule has 136 valence electrons. The van der Waals surface area contributed by atoms with Gasteiger partial charge >= 0.3 is 5.97 Å². The lowest BCUT2D eigenvalue weighted by Crippen LogP contribution is -1.96. The van der Waals surface area contributed by atoms with E-state index < -0.39 is 5.97 Å². The fourth-order valence-electron chi connectivity index (χ4n) is 3.05. The van der Waals surface area contributed by atoms with Crippen molar-refractivity contribution >= 4 is 5.97 Å². The third-order valence-electron chi connectivity index (χ3n) is 4.55. The Kier molecular flexibility index (Phi) is 12.1. The van der Waals surface area contributed by atoms with Gasteiger partial charge < -0.3 is 10.2 Å². The van der Waals surface area contributed by atoms with E-state index in [1.807, 2.05) is 30.3 Å². The fraction of sp³-hybridized carbons (Fsp3) is 0.667. The molecule has 1 aromatic carbocycles. The first-order chi connectivity index (χ1) is 11.7. The zero-order valence-corrected chi connectivity index (χ0v) is 15.0. The average molecular weight is 334 g/mol. The predicted molar refractivity (Wildman–Crippen MR) is 99.1 cm³/mol. The van der Waals surface area contributed by atoms with Gasteiger partial charge in [-0.3, -0.25) is 4.79 Å². The number of aliphatic hydroxyl groups is 1. The lowest BCUT2D eigenvalue weighted by atomic mass is 10.0. The van der Waals surface area contributed by atoms with Crippen molar-refractivity contribution in [2.45, 2.75) is 89.6 Å². The van der Waals surface area contributed by atoms with E-state index >= 15 is 0 Å². The molecule has 0 aromatic heterocycles. The van der Waals surface area contributed by atoms with Crippen molar-refractivity contribution in [3.8, 4) is 0 Å². The number of hydrogen-bond acceptors (Lipinski definition) is 2. The highest BCUT2D eigenvalue weighted by Gasteiger charge is 2.05. The minimum Gasteiger partial charge on any atom is -0.481 e. The lowest BCUT2D eigenvalue weighted by molar-refractivity contribution is -0.137. The van der Waals surface area contributed by atoms with E-state index in [4.69, 9.17) is 5.11 Å². The number of aliphatic carboxylic acids is 1. The largest absolute Gasteiger partial charge is 0.481 e. The van der Waals surface area contributed by atoms with E-state index in [0.717, 1.165) is 31.2 Å². The summed E-state index contributed by atoms with van der Waals surface area (Å²) in [5.74, 6) is -0.675. The zero-order chi connectivity index (χ0) is 17.5. The Hall–Kier alpha value is -1.35. The van der Waals surface area contributed by atoms with Crippen LogP contribution in [-0.2, 0) is 4.79 Å². The summed E-state index contributed by atoms with van der Waals surface area (Å²) >= 11 is 0. The van der Waals surface area contributed by atoms with Crippen LogP contribution >= 0.6 is 0 Å². The first kappa shape index (κ1) is 20.7. The highest BCUT2D eigenvalue weighted by atomic mass is 16.4. The van der Waals surface area contributed by atoms with Crippen LogP contribution in [0.5, 0.6) is 0 Å². The first-order valence-electron chi connectivity index (χ1n) is 9.65. The van der Waals surface area contributed by atoms with Crippen LogP contribution in [0.4, 0.5) is 0 Å². The maximum absolute atomic E-state index is 10.4. The van der Waals surface area contributed by atoms with Gasteiger partial charge in [-0.15, -0.1) is 0 Å². The molecule has 0 fully saturated rings. The van der Waals surface area contributed by atoms with Crippen molar-refractivity contribution < 1.29 is 15.0 Å². The van der Waals surface area contributed by atoms with Gasteiger partial charge in [0.2, 0.25) is 0 Å². The molecule has 0 radical (unpaired) electrons. The van der Waals surface area contributed by atoms with E-state index in [0.29, 0.717) is 6.42 Å². The summed E-state index contributed by atoms with van der Waals surface area (Å²) in [6.07, 6.45) is 13.9. The predicted octanol–water partition coefficient (Wildman–Crippen LogP) is 5.88. The van der Waals surface area contributed by atoms with Crippen LogP contribution in [0.1, 0.15) is 95.1 Å². The number of aliphatic hydroxyl groups excluding tert-OH is 1. The summed E-state index contributed by atoms with van der Waals surface area (Å²) in [5.41, 5.74) is 1.03. The van der Waals surface area contributed by atoms with E-state index in [1.165, 1.54) is 51.4 Å². The highest BCUT2D eigenvalue weighted by Crippen LogP contribution is 2.20. The van der Waals surface area contributed by atoms with Crippen LogP contribution in [0, 0.1) is 0 Å². The van der Waals surface area contributed by atoms with Crippen LogP contribution in [-0.4, -0.2) is 16.2 Å². The van der Waals surface area contributed by atoms with Crippen LogP contribution in [0.15, 0.2) is 30.3 Å². The van der Waals surface area contributed by atoms with Crippen molar-refractivity contribution in [3.05, 3.63) is 35.9 Å². The Bertz CT molecular complexity index is 416. The molecule has 0 saturated carbocycles. The van der Waals surface area contributed by atoms with Gasteiger partial charge in [-0.1, -0.05) is 94.5 Å². The number of hydrogen-bond donors (Lipinski definition) is 2. The summed E-state index contributed by atoms with van der Waals surface area (Å²) in [6, 6.07) is 9.92. The molecular weight excluding hydrogens is 300 g/mol. The normalized spacial score (nSPS) is 12.2. The number of carboxylic acids is 1. The van der Waals surface area contributed by atoms with Gasteiger partial charge in [0.15, 0.2) is 0 Å². The molecule has 1 aromatic rings. The Morgan fingerprint density at radius 1 is 0.750 bits per heavy atom. The van der Waals surface area contributed by atoms with Crippen molar-refractivity contribution in [2.24, 2.45) is 0 Å². The van der Waals surface area contributed by atoms with E-state index in [1.54, 1.807) is 0 Å². The molecule has 3 heteroatoms. The molecule has 1 rings (SSSR count). The summed E-state index contributed by atoms with van der Waals surface area (Å²) in [4.78, 5) is 10.4. The summed E-state index contributed by atoms with van der Waals surface area (Å²) in [7, 11) is 0. The summed E-state index contributed by atoms with van der Waals surface area (Å²) in [5, 5.41) is 18.6. The molecule has 0 bridgehead atoms. The first-order valence-corrected chi connectivity index (χ1v) is 9.65.